The van der Waals surface area contributed by atoms with Crippen molar-refractivity contribution in [3.8, 4) is 0 Å². The fourth-order valence-corrected chi connectivity index (χ4v) is 3.48. The van der Waals surface area contributed by atoms with Crippen LogP contribution in [0.2, 0.25) is 0 Å². The summed E-state index contributed by atoms with van der Waals surface area (Å²) >= 11 is 0. The SMILES string of the molecule is CCCCCC(=O)Nc1ccc(C(=O)N(CC)c2cccc3ccccc23)cc1. The first-order chi connectivity index (χ1) is 14.1. The Morgan fingerprint density at radius 2 is 1.59 bits per heavy atom. The van der Waals surface area contributed by atoms with Crippen molar-refractivity contribution < 1.29 is 9.59 Å². The van der Waals surface area contributed by atoms with Gasteiger partial charge in [0.1, 0.15) is 0 Å². The number of carbonyl (C=O) groups excluding carboxylic acids is 2. The minimum absolute atomic E-state index is 0.0171. The lowest BCUT2D eigenvalue weighted by Crippen LogP contribution is -2.30. The van der Waals surface area contributed by atoms with Crippen LogP contribution in [0.1, 0.15) is 49.9 Å². The second-order valence-corrected chi connectivity index (χ2v) is 7.13. The molecule has 0 aliphatic carbocycles. The lowest BCUT2D eigenvalue weighted by atomic mass is 10.1. The number of hydrogen-bond donors (Lipinski definition) is 1. The van der Waals surface area contributed by atoms with Crippen molar-refractivity contribution >= 4 is 34.0 Å². The molecule has 4 heteroatoms. The van der Waals surface area contributed by atoms with Crippen molar-refractivity contribution in [3.05, 3.63) is 72.3 Å². The van der Waals surface area contributed by atoms with Gasteiger partial charge in [-0.15, -0.1) is 0 Å². The molecule has 29 heavy (non-hydrogen) atoms. The molecule has 0 atom stereocenters. The summed E-state index contributed by atoms with van der Waals surface area (Å²) in [6.45, 7) is 4.67. The molecule has 3 rings (SSSR count). The van der Waals surface area contributed by atoms with Crippen molar-refractivity contribution in [3.63, 3.8) is 0 Å². The molecule has 0 saturated heterocycles. The highest BCUT2D eigenvalue weighted by molar-refractivity contribution is 6.11. The van der Waals surface area contributed by atoms with Gasteiger partial charge in [0.2, 0.25) is 5.91 Å². The lowest BCUT2D eigenvalue weighted by molar-refractivity contribution is -0.116. The van der Waals surface area contributed by atoms with Gasteiger partial charge in [-0.1, -0.05) is 56.2 Å². The van der Waals surface area contributed by atoms with Gasteiger partial charge in [-0.05, 0) is 49.1 Å². The number of fused-ring (bicyclic) bond motifs is 1. The van der Waals surface area contributed by atoms with Crippen molar-refractivity contribution in [2.45, 2.75) is 39.5 Å². The Kier molecular flexibility index (Phi) is 7.01. The molecule has 0 aliphatic rings. The van der Waals surface area contributed by atoms with E-state index in [4.69, 9.17) is 0 Å². The van der Waals surface area contributed by atoms with E-state index in [0.717, 1.165) is 41.4 Å². The van der Waals surface area contributed by atoms with E-state index in [9.17, 15) is 9.59 Å². The van der Waals surface area contributed by atoms with E-state index in [0.29, 0.717) is 18.5 Å². The Bertz CT molecular complexity index is 974. The zero-order valence-electron chi connectivity index (χ0n) is 17.2. The number of carbonyl (C=O) groups is 2. The predicted molar refractivity (Wildman–Crippen MR) is 121 cm³/mol. The zero-order chi connectivity index (χ0) is 20.6. The summed E-state index contributed by atoms with van der Waals surface area (Å²) in [4.78, 5) is 26.9. The highest BCUT2D eigenvalue weighted by atomic mass is 16.2. The fraction of sp³-hybridized carbons (Fsp3) is 0.280. The molecule has 0 unspecified atom stereocenters. The number of nitrogens with one attached hydrogen (secondary N) is 1. The molecule has 3 aromatic carbocycles. The van der Waals surface area contributed by atoms with Gasteiger partial charge in [-0.2, -0.15) is 0 Å². The maximum Gasteiger partial charge on any atom is 0.258 e. The largest absolute Gasteiger partial charge is 0.326 e. The van der Waals surface area contributed by atoms with E-state index in [1.54, 1.807) is 29.2 Å². The molecule has 4 nitrogen and oxygen atoms in total. The monoisotopic (exact) mass is 388 g/mol. The van der Waals surface area contributed by atoms with E-state index in [-0.39, 0.29) is 11.8 Å². The molecule has 0 fully saturated rings. The summed E-state index contributed by atoms with van der Waals surface area (Å²) < 4.78 is 0. The molecule has 1 N–H and O–H groups in total. The van der Waals surface area contributed by atoms with Gasteiger partial charge in [0.25, 0.3) is 5.91 Å². The van der Waals surface area contributed by atoms with Crippen LogP contribution >= 0.6 is 0 Å². The third-order valence-electron chi connectivity index (χ3n) is 5.04. The maximum atomic E-state index is 13.2. The summed E-state index contributed by atoms with van der Waals surface area (Å²) in [5.74, 6) is -0.0341. The van der Waals surface area contributed by atoms with E-state index in [2.05, 4.69) is 24.4 Å². The maximum absolute atomic E-state index is 13.2. The second kappa shape index (κ2) is 9.87. The van der Waals surface area contributed by atoms with Gasteiger partial charge in [-0.25, -0.2) is 0 Å². The summed E-state index contributed by atoms with van der Waals surface area (Å²) in [7, 11) is 0. The van der Waals surface area contributed by atoms with Crippen LogP contribution in [-0.4, -0.2) is 18.4 Å². The highest BCUT2D eigenvalue weighted by Crippen LogP contribution is 2.28. The molecule has 0 bridgehead atoms. The number of anilines is 2. The van der Waals surface area contributed by atoms with Gasteiger partial charge in [0.05, 0.1) is 5.69 Å². The normalized spacial score (nSPS) is 10.7. The van der Waals surface area contributed by atoms with Gasteiger partial charge < -0.3 is 10.2 Å². The molecule has 0 aromatic heterocycles. The van der Waals surface area contributed by atoms with Crippen molar-refractivity contribution in [1.82, 2.24) is 0 Å². The van der Waals surface area contributed by atoms with Crippen LogP contribution in [0.5, 0.6) is 0 Å². The highest BCUT2D eigenvalue weighted by Gasteiger charge is 2.18. The van der Waals surface area contributed by atoms with Crippen LogP contribution in [0.25, 0.3) is 10.8 Å². The van der Waals surface area contributed by atoms with Gasteiger partial charge >= 0.3 is 0 Å². The standard InChI is InChI=1S/C25H28N2O2/c1-3-5-6-14-24(28)26-21-17-15-20(16-18-21)25(29)27(4-2)23-13-9-11-19-10-7-8-12-22(19)23/h7-13,15-18H,3-6,14H2,1-2H3,(H,26,28). The molecular formula is C25H28N2O2. The average molecular weight is 389 g/mol. The molecular weight excluding hydrogens is 360 g/mol. The molecule has 0 aliphatic heterocycles. The summed E-state index contributed by atoms with van der Waals surface area (Å²) in [5.41, 5.74) is 2.23. The van der Waals surface area contributed by atoms with E-state index in [1.165, 1.54) is 0 Å². The summed E-state index contributed by atoms with van der Waals surface area (Å²) in [6, 6.07) is 21.2. The number of amides is 2. The van der Waals surface area contributed by atoms with E-state index < -0.39 is 0 Å². The van der Waals surface area contributed by atoms with Crippen LogP contribution in [0, 0.1) is 0 Å². The first-order valence-electron chi connectivity index (χ1n) is 10.3. The fourth-order valence-electron chi connectivity index (χ4n) is 3.48. The topological polar surface area (TPSA) is 49.4 Å². The first kappa shape index (κ1) is 20.6. The predicted octanol–water partition coefficient (Wildman–Crippen LogP) is 6.03. The Morgan fingerprint density at radius 3 is 2.31 bits per heavy atom. The summed E-state index contributed by atoms with van der Waals surface area (Å²) in [5, 5.41) is 5.07. The molecule has 0 heterocycles. The smallest absolute Gasteiger partial charge is 0.258 e. The van der Waals surface area contributed by atoms with Gasteiger partial charge in [-0.3, -0.25) is 9.59 Å². The van der Waals surface area contributed by atoms with Crippen LogP contribution in [-0.2, 0) is 4.79 Å². The van der Waals surface area contributed by atoms with Crippen LogP contribution in [0.3, 0.4) is 0 Å². The molecule has 150 valence electrons. The summed E-state index contributed by atoms with van der Waals surface area (Å²) in [6.07, 6.45) is 3.57. The minimum atomic E-state index is -0.0512. The first-order valence-corrected chi connectivity index (χ1v) is 10.3. The van der Waals surface area contributed by atoms with Crippen molar-refractivity contribution in [2.24, 2.45) is 0 Å². The van der Waals surface area contributed by atoms with Crippen LogP contribution in [0.4, 0.5) is 11.4 Å². The van der Waals surface area contributed by atoms with Gasteiger partial charge in [0, 0.05) is 29.6 Å². The molecule has 0 saturated carbocycles. The number of unbranched alkanes of at least 4 members (excludes halogenated alkanes) is 2. The molecule has 0 spiro atoms. The zero-order valence-corrected chi connectivity index (χ0v) is 17.2. The third-order valence-corrected chi connectivity index (χ3v) is 5.04. The minimum Gasteiger partial charge on any atom is -0.326 e. The third kappa shape index (κ3) is 5.02. The number of benzene rings is 3. The van der Waals surface area contributed by atoms with Gasteiger partial charge in [0.15, 0.2) is 0 Å². The Hall–Kier alpha value is -3.14. The van der Waals surface area contributed by atoms with Crippen molar-refractivity contribution in [1.29, 1.82) is 0 Å². The molecule has 3 aromatic rings. The molecule has 2 amide bonds. The Morgan fingerprint density at radius 1 is 0.862 bits per heavy atom. The quantitative estimate of drug-likeness (QED) is 0.479. The number of hydrogen-bond acceptors (Lipinski definition) is 2. The Labute approximate surface area is 172 Å². The second-order valence-electron chi connectivity index (χ2n) is 7.13. The average Bonchev–Trinajstić information content (AvgIpc) is 2.75. The van der Waals surface area contributed by atoms with E-state index >= 15 is 0 Å². The van der Waals surface area contributed by atoms with Crippen LogP contribution in [0.15, 0.2) is 66.7 Å². The Balaban J connectivity index is 1.75. The number of rotatable bonds is 8. The van der Waals surface area contributed by atoms with E-state index in [1.807, 2.05) is 37.3 Å². The molecule has 0 radical (unpaired) electrons. The van der Waals surface area contributed by atoms with Crippen molar-refractivity contribution in [2.75, 3.05) is 16.8 Å². The number of nitrogens with zero attached hydrogens (tertiary/aromatic N) is 1. The van der Waals surface area contributed by atoms with Crippen LogP contribution < -0.4 is 10.2 Å². The lowest BCUT2D eigenvalue weighted by Gasteiger charge is -2.23.